The Balaban J connectivity index is 2.15. The van der Waals surface area contributed by atoms with E-state index in [1.54, 1.807) is 0 Å². The van der Waals surface area contributed by atoms with Gasteiger partial charge in [-0.15, -0.1) is 0 Å². The van der Waals surface area contributed by atoms with Crippen LogP contribution in [0.4, 0.5) is 0 Å². The highest BCUT2D eigenvalue weighted by molar-refractivity contribution is 6.32. The van der Waals surface area contributed by atoms with Gasteiger partial charge in [0.2, 0.25) is 0 Å². The Morgan fingerprint density at radius 3 is 1.80 bits per heavy atom. The molecule has 0 saturated heterocycles. The number of rotatable bonds is 2. The number of benzene rings is 2. The third kappa shape index (κ3) is 2.63. The number of hydrogen-bond acceptors (Lipinski definition) is 1. The van der Waals surface area contributed by atoms with Gasteiger partial charge in [0.25, 0.3) is 0 Å². The summed E-state index contributed by atoms with van der Waals surface area (Å²) in [5.74, 6) is 1.64. The molecule has 0 aliphatic heterocycles. The van der Waals surface area contributed by atoms with Gasteiger partial charge in [-0.2, -0.15) is 0 Å². The van der Waals surface area contributed by atoms with E-state index in [2.05, 4.69) is 0 Å². The molecule has 0 N–H and O–H groups in total. The van der Waals surface area contributed by atoms with Crippen LogP contribution >= 0.6 is 0 Å². The van der Waals surface area contributed by atoms with Gasteiger partial charge >= 0.3 is 0 Å². The summed E-state index contributed by atoms with van der Waals surface area (Å²) < 4.78 is 5.63. The van der Waals surface area contributed by atoms with E-state index in [-0.39, 0.29) is 0 Å². The first-order chi connectivity index (χ1) is 7.24. The second-order valence-electron chi connectivity index (χ2n) is 3.48. The molecule has 72 valence electrons. The Morgan fingerprint density at radius 1 is 0.800 bits per heavy atom. The molecule has 0 aliphatic carbocycles. The van der Waals surface area contributed by atoms with E-state index in [9.17, 15) is 0 Å². The van der Waals surface area contributed by atoms with Crippen molar-refractivity contribution in [2.24, 2.45) is 0 Å². The van der Waals surface area contributed by atoms with Crippen molar-refractivity contribution < 1.29 is 4.74 Å². The van der Waals surface area contributed by atoms with E-state index >= 15 is 0 Å². The van der Waals surface area contributed by atoms with E-state index in [4.69, 9.17) is 12.6 Å². The van der Waals surface area contributed by atoms with Gasteiger partial charge in [0.15, 0.2) is 0 Å². The first-order valence-electron chi connectivity index (χ1n) is 4.84. The standard InChI is InChI=1S/C13H11BO/c1-10-2-6-12(7-3-10)15-13-8-4-11(14)5-9-13/h2-9H,1H3. The molecule has 15 heavy (non-hydrogen) atoms. The quantitative estimate of drug-likeness (QED) is 0.667. The van der Waals surface area contributed by atoms with Crippen molar-refractivity contribution in [2.45, 2.75) is 6.92 Å². The molecular weight excluding hydrogens is 183 g/mol. The van der Waals surface area contributed by atoms with Crippen LogP contribution < -0.4 is 10.2 Å². The molecule has 0 aliphatic rings. The fourth-order valence-corrected chi connectivity index (χ4v) is 1.28. The summed E-state index contributed by atoms with van der Waals surface area (Å²) in [6.07, 6.45) is 0. The zero-order valence-electron chi connectivity index (χ0n) is 8.60. The maximum atomic E-state index is 5.63. The first-order valence-corrected chi connectivity index (χ1v) is 4.84. The Bertz CT molecular complexity index is 388. The Kier molecular flexibility index (Phi) is 2.77. The van der Waals surface area contributed by atoms with Gasteiger partial charge in [-0.3, -0.25) is 0 Å². The Morgan fingerprint density at radius 2 is 1.27 bits per heavy atom. The molecule has 0 unspecified atom stereocenters. The molecule has 0 saturated carbocycles. The largest absolute Gasteiger partial charge is 0.457 e. The molecule has 0 fully saturated rings. The lowest BCUT2D eigenvalue weighted by atomic mass is 9.97. The molecule has 0 spiro atoms. The summed E-state index contributed by atoms with van der Waals surface area (Å²) in [5, 5.41) is 0. The topological polar surface area (TPSA) is 9.23 Å². The summed E-state index contributed by atoms with van der Waals surface area (Å²) in [4.78, 5) is 0. The van der Waals surface area contributed by atoms with Crippen LogP contribution in [0.2, 0.25) is 0 Å². The van der Waals surface area contributed by atoms with Crippen molar-refractivity contribution in [3.8, 4) is 11.5 Å². The first kappa shape index (κ1) is 9.84. The minimum Gasteiger partial charge on any atom is -0.457 e. The fraction of sp³-hybridized carbons (Fsp3) is 0.0769. The normalized spacial score (nSPS) is 9.93. The average molecular weight is 194 g/mol. The molecule has 2 aromatic carbocycles. The lowest BCUT2D eigenvalue weighted by Gasteiger charge is -2.05. The summed E-state index contributed by atoms with van der Waals surface area (Å²) >= 11 is 0. The van der Waals surface area contributed by atoms with Crippen LogP contribution in [0.3, 0.4) is 0 Å². The summed E-state index contributed by atoms with van der Waals surface area (Å²) in [6.45, 7) is 2.05. The van der Waals surface area contributed by atoms with Crippen LogP contribution in [0.5, 0.6) is 11.5 Å². The van der Waals surface area contributed by atoms with Crippen LogP contribution in [0.1, 0.15) is 5.56 Å². The molecule has 0 atom stereocenters. The lowest BCUT2D eigenvalue weighted by molar-refractivity contribution is 0.482. The smallest absolute Gasteiger partial charge is 0.127 e. The van der Waals surface area contributed by atoms with Gasteiger partial charge in [0, 0.05) is 0 Å². The summed E-state index contributed by atoms with van der Waals surface area (Å²) in [6, 6.07) is 15.3. The molecule has 0 heterocycles. The Hall–Kier alpha value is -1.70. The van der Waals surface area contributed by atoms with E-state index < -0.39 is 0 Å². The van der Waals surface area contributed by atoms with Crippen molar-refractivity contribution in [2.75, 3.05) is 0 Å². The van der Waals surface area contributed by atoms with Crippen molar-refractivity contribution >= 4 is 13.3 Å². The molecule has 2 rings (SSSR count). The predicted octanol–water partition coefficient (Wildman–Crippen LogP) is 2.58. The van der Waals surface area contributed by atoms with E-state index in [1.165, 1.54) is 5.56 Å². The Labute approximate surface area is 91.1 Å². The molecule has 0 bridgehead atoms. The molecule has 0 aromatic heterocycles. The SMILES string of the molecule is [B]c1ccc(Oc2ccc(C)cc2)cc1. The van der Waals surface area contributed by atoms with Crippen LogP contribution in [0.25, 0.3) is 0 Å². The van der Waals surface area contributed by atoms with Crippen molar-refractivity contribution in [1.82, 2.24) is 0 Å². The van der Waals surface area contributed by atoms with Crippen LogP contribution in [-0.2, 0) is 0 Å². The molecule has 1 nitrogen and oxygen atoms in total. The highest BCUT2D eigenvalue weighted by Gasteiger charge is 1.95. The van der Waals surface area contributed by atoms with Crippen molar-refractivity contribution in [3.63, 3.8) is 0 Å². The van der Waals surface area contributed by atoms with Crippen LogP contribution in [-0.4, -0.2) is 7.85 Å². The highest BCUT2D eigenvalue weighted by atomic mass is 16.5. The van der Waals surface area contributed by atoms with Gasteiger partial charge in [0.1, 0.15) is 19.3 Å². The maximum Gasteiger partial charge on any atom is 0.127 e. The number of aryl methyl sites for hydroxylation is 1. The van der Waals surface area contributed by atoms with E-state index in [0.29, 0.717) is 0 Å². The fourth-order valence-electron chi connectivity index (χ4n) is 1.28. The molecule has 2 aromatic rings. The molecule has 2 heteroatoms. The molecule has 0 amide bonds. The zero-order chi connectivity index (χ0) is 10.7. The van der Waals surface area contributed by atoms with Gasteiger partial charge in [0.05, 0.1) is 0 Å². The van der Waals surface area contributed by atoms with Crippen LogP contribution in [0, 0.1) is 6.92 Å². The van der Waals surface area contributed by atoms with Gasteiger partial charge in [-0.25, -0.2) is 0 Å². The number of hydrogen-bond donors (Lipinski definition) is 0. The lowest BCUT2D eigenvalue weighted by Crippen LogP contribution is -1.99. The zero-order valence-corrected chi connectivity index (χ0v) is 8.60. The monoisotopic (exact) mass is 194 g/mol. The van der Waals surface area contributed by atoms with E-state index in [0.717, 1.165) is 17.0 Å². The average Bonchev–Trinajstić information content (AvgIpc) is 2.25. The van der Waals surface area contributed by atoms with Crippen molar-refractivity contribution in [3.05, 3.63) is 54.1 Å². The predicted molar refractivity (Wildman–Crippen MR) is 63.1 cm³/mol. The third-order valence-electron chi connectivity index (χ3n) is 2.14. The summed E-state index contributed by atoms with van der Waals surface area (Å²) in [7, 11) is 5.58. The summed E-state index contributed by atoms with van der Waals surface area (Å²) in [5.41, 5.74) is 1.96. The third-order valence-corrected chi connectivity index (χ3v) is 2.14. The van der Waals surface area contributed by atoms with Gasteiger partial charge < -0.3 is 4.74 Å². The van der Waals surface area contributed by atoms with Gasteiger partial charge in [-0.1, -0.05) is 35.3 Å². The minimum atomic E-state index is 0.742. The minimum absolute atomic E-state index is 0.742. The van der Waals surface area contributed by atoms with Crippen LogP contribution in [0.15, 0.2) is 48.5 Å². The molecular formula is C13H11BO. The highest BCUT2D eigenvalue weighted by Crippen LogP contribution is 2.20. The maximum absolute atomic E-state index is 5.63. The second-order valence-corrected chi connectivity index (χ2v) is 3.48. The van der Waals surface area contributed by atoms with Gasteiger partial charge in [-0.05, 0) is 31.2 Å². The number of ether oxygens (including phenoxy) is 1. The second kappa shape index (κ2) is 4.22. The van der Waals surface area contributed by atoms with Crippen molar-refractivity contribution in [1.29, 1.82) is 0 Å². The molecule has 2 radical (unpaired) electrons. The van der Waals surface area contributed by atoms with E-state index in [1.807, 2.05) is 55.5 Å².